The molecule has 0 saturated heterocycles. The van der Waals surface area contributed by atoms with Gasteiger partial charge in [-0.2, -0.15) is 0 Å². The molecule has 0 bridgehead atoms. The van der Waals surface area contributed by atoms with Gasteiger partial charge in [0, 0.05) is 79.5 Å². The fraction of sp³-hybridized carbons (Fsp3) is 0.647. The molecule has 1 aromatic carbocycles. The number of nitrogens with one attached hydrogen (secondary N) is 4. The highest BCUT2D eigenvalue weighted by atomic mass is 16.7. The van der Waals surface area contributed by atoms with Crippen LogP contribution in [0.25, 0.3) is 22.3 Å². The Bertz CT molecular complexity index is 3240. The van der Waals surface area contributed by atoms with E-state index in [9.17, 15) is 48.3 Å². The third-order valence-corrected chi connectivity index (χ3v) is 16.2. The van der Waals surface area contributed by atoms with Gasteiger partial charge in [-0.05, 0) is 43.0 Å². The Hall–Kier alpha value is -7.48. The second-order valence-electron chi connectivity index (χ2n) is 23.8. The van der Waals surface area contributed by atoms with Gasteiger partial charge >= 0.3 is 5.97 Å². The van der Waals surface area contributed by atoms with E-state index in [1.807, 2.05) is 0 Å². The molecule has 0 spiro atoms. The molecule has 0 radical (unpaired) electrons. The second kappa shape index (κ2) is 45.5. The number of cyclic esters (lactones) is 1. The van der Waals surface area contributed by atoms with Gasteiger partial charge in [0.2, 0.25) is 30.4 Å². The topological polar surface area (TPSA) is 408 Å². The Labute approximate surface area is 585 Å². The maximum atomic E-state index is 13.8. The number of hydrogen-bond acceptors (Lipinski definition) is 27. The van der Waals surface area contributed by atoms with Crippen LogP contribution in [0, 0.1) is 11.8 Å². The van der Waals surface area contributed by atoms with Gasteiger partial charge in [0.15, 0.2) is 23.4 Å². The molecule has 7 N–H and O–H groups in total. The number of esters is 1. The van der Waals surface area contributed by atoms with Crippen molar-refractivity contribution >= 4 is 58.1 Å². The number of benzene rings is 1. The summed E-state index contributed by atoms with van der Waals surface area (Å²) < 4.78 is 84.0. The van der Waals surface area contributed by atoms with E-state index in [4.69, 9.17) is 81.8 Å². The molecule has 0 fully saturated rings. The highest BCUT2D eigenvalue weighted by Gasteiger charge is 2.36. The number of fused-ring (bicyclic) bond motifs is 6. The molecule has 0 aliphatic carbocycles. The molecule has 6 amide bonds. The lowest BCUT2D eigenvalue weighted by molar-refractivity contribution is -0.157. The highest BCUT2D eigenvalue weighted by Crippen LogP contribution is 2.42. The molecular weight excluding hydrogens is 1330 g/mol. The van der Waals surface area contributed by atoms with Crippen molar-refractivity contribution in [2.24, 2.45) is 17.6 Å². The van der Waals surface area contributed by atoms with E-state index in [-0.39, 0.29) is 101 Å². The predicted molar refractivity (Wildman–Crippen MR) is 357 cm³/mol. The van der Waals surface area contributed by atoms with E-state index in [1.54, 1.807) is 32.0 Å². The summed E-state index contributed by atoms with van der Waals surface area (Å²) in [6.07, 6.45) is 2.05. The van der Waals surface area contributed by atoms with E-state index in [0.29, 0.717) is 216 Å². The Morgan fingerprint density at radius 3 is 1.64 bits per heavy atom. The summed E-state index contributed by atoms with van der Waals surface area (Å²) in [5.74, 6) is -3.90. The first kappa shape index (κ1) is 80.8. The van der Waals surface area contributed by atoms with E-state index >= 15 is 0 Å². The number of ether oxygens (including phenoxy) is 15. The number of nitrogens with zero attached hydrogens (tertiary/aromatic N) is 3. The maximum absolute atomic E-state index is 13.8. The number of hydrogen-bond donors (Lipinski definition) is 6. The number of aromatic nitrogens is 2. The zero-order valence-corrected chi connectivity index (χ0v) is 57.7. The highest BCUT2D eigenvalue weighted by molar-refractivity contribution is 6.13. The molecule has 0 saturated carbocycles. The molecule has 4 aliphatic rings. The minimum absolute atomic E-state index is 0.00154. The molecular formula is C68H98N8O25. The van der Waals surface area contributed by atoms with Crippen LogP contribution in [0.4, 0.5) is 0 Å². The largest absolute Gasteiger partial charge is 0.458 e. The predicted octanol–water partition coefficient (Wildman–Crippen LogP) is -0.158. The van der Waals surface area contributed by atoms with Crippen molar-refractivity contribution in [3.63, 3.8) is 0 Å². The average Bonchev–Trinajstić information content (AvgIpc) is 1.60. The Balaban J connectivity index is 0.627. The molecule has 6 heterocycles. The fourth-order valence-corrected chi connectivity index (χ4v) is 10.9. The number of Topliss-reactive ketones (excluding diaryl/α,β-unsaturated/α-hetero) is 1. The van der Waals surface area contributed by atoms with Gasteiger partial charge in [-0.1, -0.05) is 20.3 Å². The number of ketones is 1. The summed E-state index contributed by atoms with van der Waals surface area (Å²) >= 11 is 0. The molecule has 560 valence electrons. The molecule has 33 nitrogen and oxygen atoms in total. The Morgan fingerprint density at radius 1 is 0.604 bits per heavy atom. The number of imide groups is 1. The number of carbonyl (C=O) groups excluding carboxylic acids is 8. The van der Waals surface area contributed by atoms with E-state index in [0.717, 1.165) is 4.90 Å². The van der Waals surface area contributed by atoms with Crippen LogP contribution in [0.2, 0.25) is 0 Å². The van der Waals surface area contributed by atoms with Gasteiger partial charge in [-0.3, -0.25) is 43.3 Å². The van der Waals surface area contributed by atoms with Crippen molar-refractivity contribution in [3.8, 4) is 22.9 Å². The van der Waals surface area contributed by atoms with E-state index in [1.165, 1.54) is 16.7 Å². The van der Waals surface area contributed by atoms with E-state index < -0.39 is 65.7 Å². The summed E-state index contributed by atoms with van der Waals surface area (Å²) in [6, 6.07) is 4.13. The van der Waals surface area contributed by atoms with Crippen LogP contribution >= 0.6 is 0 Å². The van der Waals surface area contributed by atoms with Crippen molar-refractivity contribution < 1.29 is 115 Å². The molecule has 3 atom stereocenters. The van der Waals surface area contributed by atoms with E-state index in [2.05, 4.69) is 21.3 Å². The smallest absolute Gasteiger partial charge is 0.340 e. The van der Waals surface area contributed by atoms with Gasteiger partial charge in [-0.15, -0.1) is 0 Å². The number of pyridine rings is 2. The van der Waals surface area contributed by atoms with Crippen molar-refractivity contribution in [3.05, 3.63) is 63.0 Å². The molecule has 2 aromatic heterocycles. The van der Waals surface area contributed by atoms with Crippen molar-refractivity contribution in [1.82, 2.24) is 35.7 Å². The quantitative estimate of drug-likeness (QED) is 0.0190. The molecule has 7 rings (SSSR count). The molecule has 4 aliphatic heterocycles. The number of carbonyl (C=O) groups is 8. The number of unbranched alkanes of at least 4 members (excludes halogenated alkanes) is 1. The summed E-state index contributed by atoms with van der Waals surface area (Å²) in [6.45, 7) is 12.7. The summed E-state index contributed by atoms with van der Waals surface area (Å²) in [4.78, 5) is 121. The van der Waals surface area contributed by atoms with Crippen molar-refractivity contribution in [1.29, 1.82) is 0 Å². The first-order valence-corrected chi connectivity index (χ1v) is 34.3. The zero-order chi connectivity index (χ0) is 72.0. The SMILES string of the molecule is CC(C)[C@H](NC(=O)CCOCCOCCOCCOCCOCCOCCOCCOCCOCCOCCOCCOCCNC(=O)CCN1C(=O)C=CC1=O)C(=O)C[C@@H](CCCCN)C(=O)NCC(=O)NCc1c2c(nc3cc4c(cc13)OCO4)-c1cc3c(c(=O)n1C2)COC(=O)[C@H]3O. The Morgan fingerprint density at radius 2 is 1.12 bits per heavy atom. The lowest BCUT2D eigenvalue weighted by atomic mass is 9.89. The fourth-order valence-electron chi connectivity index (χ4n) is 10.9. The minimum Gasteiger partial charge on any atom is -0.458 e. The molecule has 33 heteroatoms. The lowest BCUT2D eigenvalue weighted by Crippen LogP contribution is -2.46. The first-order valence-electron chi connectivity index (χ1n) is 34.3. The average molecular weight is 1430 g/mol. The van der Waals surface area contributed by atoms with Crippen molar-refractivity contribution in [2.45, 2.75) is 84.2 Å². The van der Waals surface area contributed by atoms with Gasteiger partial charge in [-0.25, -0.2) is 9.78 Å². The third kappa shape index (κ3) is 27.3. The van der Waals surface area contributed by atoms with Gasteiger partial charge < -0.3 is 108 Å². The number of amides is 6. The number of rotatable bonds is 56. The van der Waals surface area contributed by atoms with Crippen LogP contribution in [0.5, 0.6) is 11.5 Å². The minimum atomic E-state index is -1.64. The first-order chi connectivity index (χ1) is 49.1. The Kier molecular flexibility index (Phi) is 36.4. The monoisotopic (exact) mass is 1430 g/mol. The summed E-state index contributed by atoms with van der Waals surface area (Å²) in [5, 5.41) is 22.3. The standard InChI is InChI=1S/C68H98N8O25/c1-46(2)63(55(77)37-47(5-3-4-10-69)66(84)72-42-60(80)71-41-50-48-39-56-57(101-45-100-56)40-53(48)73-64-51(50)43-76-54(64)38-49-52(67(76)85)44-99-68(86)65(49)83)74-59(79)9-13-87-15-17-89-19-21-91-23-25-93-27-29-95-31-33-97-35-36-98-34-32-96-30-28-94-26-24-92-22-20-90-18-16-88-14-11-70-58(78)8-12-75-61(81)6-7-62(75)82/h6-7,38-40,46-47,63,65,83H,3-5,8-37,41-45,69H2,1-2H3,(H,70,78)(H,71,80)(H,72,84)(H,74,79)/t47-,63+,65+/m1/s1. The van der Waals surface area contributed by atoms with Crippen LogP contribution < -0.4 is 42.0 Å². The van der Waals surface area contributed by atoms with Crippen LogP contribution in [0.3, 0.4) is 0 Å². The van der Waals surface area contributed by atoms with Crippen LogP contribution in [0.1, 0.15) is 80.7 Å². The second-order valence-corrected chi connectivity index (χ2v) is 23.8. The maximum Gasteiger partial charge on any atom is 0.340 e. The van der Waals surface area contributed by atoms with Crippen LogP contribution in [-0.4, -0.2) is 264 Å². The van der Waals surface area contributed by atoms with Gasteiger partial charge in [0.05, 0.1) is 200 Å². The third-order valence-electron chi connectivity index (χ3n) is 16.2. The number of aliphatic hydroxyl groups excluding tert-OH is 1. The van der Waals surface area contributed by atoms with Gasteiger partial charge in [0.1, 0.15) is 6.61 Å². The molecule has 101 heavy (non-hydrogen) atoms. The van der Waals surface area contributed by atoms with Crippen LogP contribution in [-0.2, 0) is 120 Å². The molecule has 0 unspecified atom stereocenters. The van der Waals surface area contributed by atoms with Crippen molar-refractivity contribution in [2.75, 3.05) is 192 Å². The number of nitrogens with two attached hydrogens (primary N) is 1. The van der Waals surface area contributed by atoms with Crippen LogP contribution in [0.15, 0.2) is 35.1 Å². The summed E-state index contributed by atoms with van der Waals surface area (Å²) in [7, 11) is 0. The lowest BCUT2D eigenvalue weighted by Gasteiger charge is -2.24. The number of aliphatic hydroxyl groups is 1. The van der Waals surface area contributed by atoms with Gasteiger partial charge in [0.25, 0.3) is 17.4 Å². The zero-order valence-electron chi connectivity index (χ0n) is 57.7. The normalized spacial score (nSPS) is 14.9. The summed E-state index contributed by atoms with van der Waals surface area (Å²) in [5.41, 5.74) is 8.15. The molecule has 3 aromatic rings.